The van der Waals surface area contributed by atoms with E-state index >= 15 is 0 Å². The van der Waals surface area contributed by atoms with Crippen molar-refractivity contribution >= 4 is 23.6 Å². The second kappa shape index (κ2) is 4.01. The maximum absolute atomic E-state index is 2.10. The lowest BCUT2D eigenvalue weighted by molar-refractivity contribution is -0.567. The number of aromatic nitrogens is 1. The first kappa shape index (κ1) is 8.20. The molecule has 0 saturated heterocycles. The van der Waals surface area contributed by atoms with Gasteiger partial charge in [0, 0.05) is 23.1 Å². The van der Waals surface area contributed by atoms with Crippen LogP contribution in [0.3, 0.4) is 0 Å². The molecular weight excluding hydrogens is 178 g/mol. The van der Waals surface area contributed by atoms with Crippen LogP contribution in [0.2, 0.25) is 0 Å². The summed E-state index contributed by atoms with van der Waals surface area (Å²) < 4.78 is 2.03. The van der Waals surface area contributed by atoms with Gasteiger partial charge in [-0.15, -0.1) is 11.3 Å². The van der Waals surface area contributed by atoms with Crippen molar-refractivity contribution in [1.82, 2.24) is 0 Å². The minimum Gasteiger partial charge on any atom is -0.174 e. The van der Waals surface area contributed by atoms with Crippen LogP contribution in [0, 0.1) is 0 Å². The smallest absolute Gasteiger partial charge is 0.174 e. The lowest BCUT2D eigenvalue weighted by Crippen LogP contribution is -2.23. The fourth-order valence-corrected chi connectivity index (χ4v) is 1.67. The molecule has 0 unspecified atom stereocenters. The summed E-state index contributed by atoms with van der Waals surface area (Å²) in [5, 5.41) is 2.08. The van der Waals surface area contributed by atoms with Crippen molar-refractivity contribution in [3.63, 3.8) is 0 Å². The molecule has 0 spiro atoms. The predicted molar refractivity (Wildman–Crippen MR) is 56.2 cm³/mol. The molecule has 2 heterocycles. The van der Waals surface area contributed by atoms with E-state index in [1.54, 1.807) is 11.3 Å². The van der Waals surface area contributed by atoms with Crippen LogP contribution in [0.4, 0.5) is 0 Å². The van der Waals surface area contributed by atoms with Crippen molar-refractivity contribution in [2.45, 2.75) is 0 Å². The van der Waals surface area contributed by atoms with E-state index in [9.17, 15) is 0 Å². The van der Waals surface area contributed by atoms with E-state index in [1.807, 2.05) is 41.4 Å². The molecule has 0 N–H and O–H groups in total. The van der Waals surface area contributed by atoms with E-state index in [0.717, 1.165) is 0 Å². The molecule has 0 amide bonds. The highest BCUT2D eigenvalue weighted by Gasteiger charge is 1.91. The van der Waals surface area contributed by atoms with Crippen LogP contribution in [0.1, 0.15) is 4.88 Å². The minimum atomic E-state index is 1.27. The van der Waals surface area contributed by atoms with Crippen LogP contribution in [-0.2, 0) is 0 Å². The summed E-state index contributed by atoms with van der Waals surface area (Å²) >= 11 is 1.74. The van der Waals surface area contributed by atoms with E-state index in [4.69, 9.17) is 0 Å². The Kier molecular flexibility index (Phi) is 2.53. The average Bonchev–Trinajstić information content (AvgIpc) is 2.69. The van der Waals surface area contributed by atoms with Gasteiger partial charge >= 0.3 is 0 Å². The third-order valence-electron chi connectivity index (χ3n) is 1.69. The molecule has 0 aliphatic rings. The second-order valence-corrected chi connectivity index (χ2v) is 3.63. The second-order valence-electron chi connectivity index (χ2n) is 2.65. The van der Waals surface area contributed by atoms with E-state index < -0.39 is 0 Å². The monoisotopic (exact) mass is 188 g/mol. The van der Waals surface area contributed by atoms with Gasteiger partial charge < -0.3 is 0 Å². The van der Waals surface area contributed by atoms with Gasteiger partial charge in [0.1, 0.15) is 0 Å². The predicted octanol–water partition coefficient (Wildman–Crippen LogP) is 2.66. The molecule has 2 aromatic rings. The molecule has 13 heavy (non-hydrogen) atoms. The van der Waals surface area contributed by atoms with E-state index in [2.05, 4.69) is 23.6 Å². The average molecular weight is 188 g/mol. The van der Waals surface area contributed by atoms with Crippen LogP contribution < -0.4 is 4.57 Å². The summed E-state index contributed by atoms with van der Waals surface area (Å²) in [7, 11) is 0. The molecule has 2 aromatic heterocycles. The molecule has 0 aliphatic carbocycles. The van der Waals surface area contributed by atoms with Crippen molar-refractivity contribution in [3.05, 3.63) is 53.0 Å². The summed E-state index contributed by atoms with van der Waals surface area (Å²) in [5.41, 5.74) is 0. The van der Waals surface area contributed by atoms with Gasteiger partial charge in [-0.2, -0.15) is 4.57 Å². The normalized spacial score (nSPS) is 10.8. The van der Waals surface area contributed by atoms with Gasteiger partial charge in [0.25, 0.3) is 0 Å². The molecule has 0 radical (unpaired) electrons. The van der Waals surface area contributed by atoms with Gasteiger partial charge in [-0.3, -0.25) is 0 Å². The first-order valence-electron chi connectivity index (χ1n) is 4.13. The molecule has 1 nitrogen and oxygen atoms in total. The maximum atomic E-state index is 2.10. The number of rotatable bonds is 2. The van der Waals surface area contributed by atoms with Gasteiger partial charge in [0.2, 0.25) is 0 Å². The van der Waals surface area contributed by atoms with Crippen LogP contribution in [-0.4, -0.2) is 0 Å². The third-order valence-corrected chi connectivity index (χ3v) is 2.53. The Morgan fingerprint density at radius 2 is 1.92 bits per heavy atom. The highest BCUT2D eigenvalue weighted by atomic mass is 32.1. The molecule has 0 fully saturated rings. The Labute approximate surface area is 81.6 Å². The number of pyridine rings is 1. The summed E-state index contributed by atoms with van der Waals surface area (Å²) in [6.45, 7) is 0. The highest BCUT2D eigenvalue weighted by molar-refractivity contribution is 7.10. The van der Waals surface area contributed by atoms with Crippen LogP contribution in [0.15, 0.2) is 48.1 Å². The Balaban J connectivity index is 2.15. The van der Waals surface area contributed by atoms with Crippen LogP contribution >= 0.6 is 11.3 Å². The quantitative estimate of drug-likeness (QED) is 0.638. The zero-order valence-corrected chi connectivity index (χ0v) is 7.95. The largest absolute Gasteiger partial charge is 0.175 e. The first-order valence-corrected chi connectivity index (χ1v) is 5.00. The third kappa shape index (κ3) is 2.26. The summed E-state index contributed by atoms with van der Waals surface area (Å²) in [6.07, 6.45) is 8.19. The van der Waals surface area contributed by atoms with Crippen LogP contribution in [0.5, 0.6) is 0 Å². The SMILES string of the molecule is C(=C/[n+]1ccccc1)/c1cccs1. The van der Waals surface area contributed by atoms with Crippen LogP contribution in [0.25, 0.3) is 12.3 Å². The molecule has 0 saturated carbocycles. The first-order chi connectivity index (χ1) is 6.45. The fraction of sp³-hybridized carbons (Fsp3) is 0. The van der Waals surface area contributed by atoms with Crippen molar-refractivity contribution in [1.29, 1.82) is 0 Å². The molecule has 0 bridgehead atoms. The van der Waals surface area contributed by atoms with E-state index in [0.29, 0.717) is 0 Å². The topological polar surface area (TPSA) is 3.88 Å². The zero-order chi connectivity index (χ0) is 8.93. The van der Waals surface area contributed by atoms with Crippen molar-refractivity contribution < 1.29 is 4.57 Å². The highest BCUT2D eigenvalue weighted by Crippen LogP contribution is 2.09. The minimum absolute atomic E-state index is 1.27. The van der Waals surface area contributed by atoms with Gasteiger partial charge in [0.15, 0.2) is 18.6 Å². The van der Waals surface area contributed by atoms with Gasteiger partial charge in [-0.05, 0) is 11.4 Å². The molecule has 2 heteroatoms. The molecular formula is C11H10NS+. The lowest BCUT2D eigenvalue weighted by atomic mass is 10.4. The molecule has 0 atom stereocenters. The summed E-state index contributed by atoms with van der Waals surface area (Å²) in [5.74, 6) is 0. The lowest BCUT2D eigenvalue weighted by Gasteiger charge is -1.84. The molecule has 64 valence electrons. The van der Waals surface area contributed by atoms with E-state index in [-0.39, 0.29) is 0 Å². The Morgan fingerprint density at radius 1 is 1.08 bits per heavy atom. The van der Waals surface area contributed by atoms with Gasteiger partial charge in [-0.1, -0.05) is 12.1 Å². The summed E-state index contributed by atoms with van der Waals surface area (Å²) in [6, 6.07) is 10.2. The number of nitrogens with zero attached hydrogens (tertiary/aromatic N) is 1. The molecule has 2 rings (SSSR count). The summed E-state index contributed by atoms with van der Waals surface area (Å²) in [4.78, 5) is 1.27. The van der Waals surface area contributed by atoms with Gasteiger partial charge in [0.05, 0.1) is 0 Å². The molecule has 0 aliphatic heterocycles. The van der Waals surface area contributed by atoms with Gasteiger partial charge in [-0.25, -0.2) is 0 Å². The Morgan fingerprint density at radius 3 is 2.62 bits per heavy atom. The van der Waals surface area contributed by atoms with Crippen molar-refractivity contribution in [2.75, 3.05) is 0 Å². The van der Waals surface area contributed by atoms with E-state index in [1.165, 1.54) is 4.88 Å². The Hall–Kier alpha value is -1.41. The maximum Gasteiger partial charge on any atom is 0.175 e. The van der Waals surface area contributed by atoms with Crippen molar-refractivity contribution in [3.8, 4) is 0 Å². The number of hydrogen-bond donors (Lipinski definition) is 0. The fourth-order valence-electron chi connectivity index (χ4n) is 1.06. The number of hydrogen-bond acceptors (Lipinski definition) is 1. The number of thiophene rings is 1. The van der Waals surface area contributed by atoms with Crippen molar-refractivity contribution in [2.24, 2.45) is 0 Å². The molecule has 0 aromatic carbocycles. The zero-order valence-electron chi connectivity index (χ0n) is 7.13. The Bertz CT molecular complexity index is 376. The standard InChI is InChI=1S/C11H10NS/c1-2-7-12(8-3-1)9-6-11-5-4-10-13-11/h1-10H/q+1/b9-6-.